The first-order valence-electron chi connectivity index (χ1n) is 45.1. The summed E-state index contributed by atoms with van der Waals surface area (Å²) in [6.07, 6.45) is 12.8. The zero-order chi connectivity index (χ0) is 98.3. The van der Waals surface area contributed by atoms with Crippen LogP contribution >= 0.6 is 0 Å². The number of aromatic nitrogens is 4. The molecular weight excluding hydrogens is 1730 g/mol. The number of nitrogens with zero attached hydrogens (tertiary/aromatic N) is 16. The number of hydrogen-bond donors (Lipinski definition) is 4. The van der Waals surface area contributed by atoms with Gasteiger partial charge in [0.1, 0.15) is 65.7 Å². The number of hydrogen-bond acceptors (Lipinski definition) is 32. The Morgan fingerprint density at radius 2 is 0.615 bits per heavy atom. The first-order chi connectivity index (χ1) is 64.7. The van der Waals surface area contributed by atoms with Gasteiger partial charge in [0.05, 0.1) is 71.9 Å². The summed E-state index contributed by atoms with van der Waals surface area (Å²) in [5.41, 5.74) is -3.26. The third-order valence-electron chi connectivity index (χ3n) is 24.3. The van der Waals surface area contributed by atoms with Gasteiger partial charge in [-0.3, -0.25) is 47.0 Å². The fourth-order valence-electron chi connectivity index (χ4n) is 16.5. The molecule has 36 nitrogen and oxygen atoms in total. The summed E-state index contributed by atoms with van der Waals surface area (Å²) < 4.78 is 36.3. The van der Waals surface area contributed by atoms with Crippen molar-refractivity contribution in [3.8, 4) is 47.8 Å². The summed E-state index contributed by atoms with van der Waals surface area (Å²) >= 11 is 0. The molecule has 4 N–H and O–H groups in total. The van der Waals surface area contributed by atoms with Gasteiger partial charge in [0, 0.05) is 48.4 Å². The minimum Gasteiger partial charge on any atom is -0.494 e. The van der Waals surface area contributed by atoms with Gasteiger partial charge in [-0.05, 0) is 163 Å². The molecule has 0 bridgehead atoms. The molecule has 0 aliphatic heterocycles. The lowest BCUT2D eigenvalue weighted by molar-refractivity contribution is -0.154. The number of nitriles is 4. The topological polar surface area (TPSA) is 521 Å². The van der Waals surface area contributed by atoms with E-state index in [4.69, 9.17) is 28.4 Å². The fourth-order valence-corrected chi connectivity index (χ4v) is 16.5. The molecule has 36 heteroatoms. The highest BCUT2D eigenvalue weighted by molar-refractivity contribution is 5.97. The molecule has 4 aromatic heterocycles. The van der Waals surface area contributed by atoms with E-state index in [1.165, 1.54) is 87.4 Å². The number of carbonyl (C=O) groups excluding carboxylic acids is 6. The molecule has 6 unspecified atom stereocenters. The summed E-state index contributed by atoms with van der Waals surface area (Å²) in [6.45, 7) is 18.1. The highest BCUT2D eigenvalue weighted by Crippen LogP contribution is 2.41. The lowest BCUT2D eigenvalue weighted by Gasteiger charge is -2.36. The van der Waals surface area contributed by atoms with E-state index in [2.05, 4.69) is 82.5 Å². The van der Waals surface area contributed by atoms with E-state index in [0.29, 0.717) is 36.5 Å². The van der Waals surface area contributed by atoms with Crippen LogP contribution in [0.5, 0.6) is 23.5 Å². The number of unbranched alkanes of at least 4 members (excludes halogenated alkanes) is 9. The van der Waals surface area contributed by atoms with Crippen molar-refractivity contribution >= 4 is 81.3 Å². The smallest absolute Gasteiger partial charge is 0.340 e. The number of azo groups is 4. The first kappa shape index (κ1) is 104. The molecule has 0 spiro atoms. The van der Waals surface area contributed by atoms with Crippen LogP contribution in [0.3, 0.4) is 0 Å². The standard InChI is InChI=1S/C57H68N8O12.C42H46N8O8/c1-32(2)38-21-19-34(5)27-46(38)76-56(72)40-15-9-11-17-44(40)60-62-50-42(30-58)36(7)52(68)64(54(50)70)23-13-25-74-48(66)29-49(67)75-26-14-24-65-53(69)37(8)43(31-59)51(55(65)71)63-61-45-18-12-10-16-41(45)57(73)77-47-28-35(6)20-22-39(47)33(3)4;1-27-31(25-43)35(47-45-33-21-15-13-19-29(33)41(55)57-3)39(53)49(37(27)51)23-17-11-9-7-5-6-8-10-12-18-24-50-38(52)28(2)32(26-44)36(40(50)54)48-46-34-22-16-14-20-30(34)42(56)58-4/h9-12,15-18,32-35,38-39,46-47,68-69H,13-14,19-29H2,1-8H3;13-16,19-22,51-52H,5-12,17-18,23-24H2,1-4H3. The minimum absolute atomic E-state index is 0.0104. The molecule has 8 aromatic rings. The van der Waals surface area contributed by atoms with Gasteiger partial charge in [0.2, 0.25) is 0 Å². The Hall–Kier alpha value is -14.9. The van der Waals surface area contributed by atoms with Gasteiger partial charge in [-0.15, -0.1) is 40.9 Å². The third-order valence-corrected chi connectivity index (χ3v) is 24.3. The van der Waals surface area contributed by atoms with E-state index >= 15 is 0 Å². The van der Waals surface area contributed by atoms with Crippen molar-refractivity contribution in [2.24, 2.45) is 76.4 Å². The van der Waals surface area contributed by atoms with Crippen molar-refractivity contribution in [3.63, 3.8) is 0 Å². The maximum Gasteiger partial charge on any atom is 0.340 e. The maximum atomic E-state index is 13.7. The Morgan fingerprint density at radius 3 is 0.867 bits per heavy atom. The molecule has 2 saturated carbocycles. The lowest BCUT2D eigenvalue weighted by Crippen LogP contribution is -2.35. The van der Waals surface area contributed by atoms with Crippen molar-refractivity contribution in [1.82, 2.24) is 18.3 Å². The molecule has 4 aromatic carbocycles. The molecule has 0 saturated heterocycles. The lowest BCUT2D eigenvalue weighted by atomic mass is 9.75. The number of rotatable bonds is 39. The molecule has 4 heterocycles. The maximum absolute atomic E-state index is 13.7. The van der Waals surface area contributed by atoms with Crippen LogP contribution in [-0.4, -0.2) is 114 Å². The van der Waals surface area contributed by atoms with E-state index in [1.54, 1.807) is 60.7 Å². The zero-order valence-corrected chi connectivity index (χ0v) is 78.0. The number of ether oxygens (including phenoxy) is 6. The summed E-state index contributed by atoms with van der Waals surface area (Å²) in [5, 5.41) is 116. The number of esters is 6. The van der Waals surface area contributed by atoms with Crippen LogP contribution in [-0.2, 0) is 64.2 Å². The Kier molecular flexibility index (Phi) is 38.5. The highest BCUT2D eigenvalue weighted by atomic mass is 16.6. The molecule has 0 radical (unpaired) electrons. The van der Waals surface area contributed by atoms with Gasteiger partial charge in [-0.1, -0.05) is 154 Å². The highest BCUT2D eigenvalue weighted by Gasteiger charge is 2.37. The number of methoxy groups -OCH3 is 2. The molecule has 10 rings (SSSR count). The molecule has 2 aliphatic carbocycles. The molecule has 135 heavy (non-hydrogen) atoms. The van der Waals surface area contributed by atoms with Crippen LogP contribution in [0.15, 0.2) is 157 Å². The average Bonchev–Trinajstić information content (AvgIpc) is 0.789. The first-order valence-corrected chi connectivity index (χ1v) is 45.1. The quantitative estimate of drug-likeness (QED) is 0.00914. The van der Waals surface area contributed by atoms with Gasteiger partial charge >= 0.3 is 35.8 Å². The van der Waals surface area contributed by atoms with Crippen molar-refractivity contribution in [3.05, 3.63) is 205 Å². The van der Waals surface area contributed by atoms with E-state index in [9.17, 15) is 89.4 Å². The normalized spacial score (nSPS) is 15.9. The van der Waals surface area contributed by atoms with Crippen LogP contribution in [0.2, 0.25) is 0 Å². The number of benzene rings is 4. The van der Waals surface area contributed by atoms with Crippen LogP contribution in [0.25, 0.3) is 0 Å². The minimum atomic E-state index is -0.947. The zero-order valence-electron chi connectivity index (χ0n) is 78.0. The van der Waals surface area contributed by atoms with Gasteiger partial charge in [-0.25, -0.2) is 19.2 Å². The average molecular weight is 1850 g/mol. The van der Waals surface area contributed by atoms with Crippen molar-refractivity contribution < 1.29 is 77.6 Å². The second kappa shape index (κ2) is 50.1. The predicted molar refractivity (Wildman–Crippen MR) is 495 cm³/mol. The largest absolute Gasteiger partial charge is 0.494 e. The summed E-state index contributed by atoms with van der Waals surface area (Å²) in [4.78, 5) is 131. The second-order valence-corrected chi connectivity index (χ2v) is 34.2. The van der Waals surface area contributed by atoms with Crippen LogP contribution in [0.1, 0.15) is 249 Å². The van der Waals surface area contributed by atoms with E-state index < -0.39 is 76.2 Å². The Labute approximate surface area is 780 Å². The Bertz CT molecular complexity index is 5880. The Balaban J connectivity index is 0.000000315. The molecule has 0 amide bonds. The molecule has 2 aliphatic rings. The predicted octanol–water partition coefficient (Wildman–Crippen LogP) is 19.6. The van der Waals surface area contributed by atoms with Gasteiger partial charge in [0.15, 0.2) is 46.3 Å². The van der Waals surface area contributed by atoms with E-state index in [0.717, 1.165) is 99.0 Å². The van der Waals surface area contributed by atoms with E-state index in [1.807, 2.05) is 24.3 Å². The second-order valence-electron chi connectivity index (χ2n) is 34.2. The molecule has 2 fully saturated rings. The Morgan fingerprint density at radius 1 is 0.370 bits per heavy atom. The monoisotopic (exact) mass is 1850 g/mol. The summed E-state index contributed by atoms with van der Waals surface area (Å²) in [6, 6.07) is 33.1. The van der Waals surface area contributed by atoms with Gasteiger partial charge in [0.25, 0.3) is 22.2 Å². The van der Waals surface area contributed by atoms with Crippen LogP contribution in [0.4, 0.5) is 45.5 Å². The number of pyridine rings is 4. The third kappa shape index (κ3) is 26.5. The van der Waals surface area contributed by atoms with Crippen molar-refractivity contribution in [2.75, 3.05) is 27.4 Å². The number of carbonyl (C=O) groups is 6. The fraction of sp³-hybridized carbons (Fsp3) is 0.455. The SMILES string of the molecule is COC(=O)c1ccccc1N=Nc1c(C#N)c(C)c(O)n(CCCCCCCCCCCCn2c(O)c(C)c(C#N)c(N=Nc3ccccc3C(=O)OC)c2=O)c1=O.Cc1c(C#N)c(N=Nc2ccccc2C(=O)OC2CC(C)CCC2C(C)C)c(=O)n(CCCOC(=O)CC(=O)OCCCn2c(O)c(C)c(C#N)c(N=Nc3ccccc3C(=O)OC3CC(C)CCC3C(C)C)c2=O)c1O. The molecule has 710 valence electrons. The van der Waals surface area contributed by atoms with E-state index in [-0.39, 0.29) is 200 Å². The van der Waals surface area contributed by atoms with Crippen LogP contribution < -0.4 is 22.2 Å². The van der Waals surface area contributed by atoms with Gasteiger partial charge < -0.3 is 48.8 Å². The summed E-state index contributed by atoms with van der Waals surface area (Å²) in [7, 11) is 2.48. The van der Waals surface area contributed by atoms with Crippen molar-refractivity contribution in [2.45, 2.75) is 230 Å². The van der Waals surface area contributed by atoms with Crippen LogP contribution in [0, 0.1) is 109 Å². The van der Waals surface area contributed by atoms with Gasteiger partial charge in [-0.2, -0.15) is 21.0 Å². The molecular formula is C99H114N16O20. The molecule has 6 atom stereocenters. The van der Waals surface area contributed by atoms with Crippen molar-refractivity contribution in [1.29, 1.82) is 21.0 Å². The summed E-state index contributed by atoms with van der Waals surface area (Å²) in [5.74, 6) is -4.09. The number of aromatic hydroxyl groups is 4.